The van der Waals surface area contributed by atoms with Crippen LogP contribution in [0.2, 0.25) is 0 Å². The lowest BCUT2D eigenvalue weighted by Crippen LogP contribution is -2.49. The molecule has 7 heteroatoms. The Kier molecular flexibility index (Phi) is 6.21. The van der Waals surface area contributed by atoms with E-state index in [0.717, 1.165) is 56.1 Å². The van der Waals surface area contributed by atoms with Gasteiger partial charge in [0.2, 0.25) is 0 Å². The Labute approximate surface area is 193 Å². The number of benzene rings is 2. The lowest BCUT2D eigenvalue weighted by atomic mass is 9.91. The molecule has 1 fully saturated rings. The van der Waals surface area contributed by atoms with Crippen LogP contribution in [-0.2, 0) is 17.8 Å². The zero-order valence-electron chi connectivity index (χ0n) is 18.6. The Balaban J connectivity index is 1.22. The van der Waals surface area contributed by atoms with Crippen molar-refractivity contribution in [3.8, 4) is 11.5 Å². The zero-order chi connectivity index (χ0) is 22.6. The third-order valence-corrected chi connectivity index (χ3v) is 6.53. The van der Waals surface area contributed by atoms with Gasteiger partial charge in [0.1, 0.15) is 29.3 Å². The van der Waals surface area contributed by atoms with Crippen molar-refractivity contribution < 1.29 is 14.3 Å². The number of imidazole rings is 1. The standard InChI is InChI=1S/C26H28N4O3/c31-17-16-28-12-14-29(15-13-28)26(32)24-19-30-18-21(8-11-25(30)27-24)20-6-9-23(10-7-20)33-22-4-2-1-3-5-22/h1-7,9-10,17,19,21H,8,11-16,18H2. The quantitative estimate of drug-likeness (QED) is 0.546. The molecule has 2 aliphatic heterocycles. The van der Waals surface area contributed by atoms with Crippen LogP contribution in [0, 0.1) is 0 Å². The molecule has 0 radical (unpaired) electrons. The molecule has 1 aromatic heterocycles. The molecule has 0 saturated carbocycles. The minimum absolute atomic E-state index is 0.0124. The monoisotopic (exact) mass is 444 g/mol. The molecule has 5 rings (SSSR count). The number of hydrogen-bond acceptors (Lipinski definition) is 5. The van der Waals surface area contributed by atoms with Gasteiger partial charge in [0.15, 0.2) is 0 Å². The number of para-hydroxylation sites is 1. The minimum atomic E-state index is -0.0124. The van der Waals surface area contributed by atoms with E-state index < -0.39 is 0 Å². The first-order valence-electron chi connectivity index (χ1n) is 11.5. The number of piperazine rings is 1. The van der Waals surface area contributed by atoms with Crippen molar-refractivity contribution >= 4 is 12.2 Å². The number of aldehydes is 1. The summed E-state index contributed by atoms with van der Waals surface area (Å²) in [5, 5.41) is 0. The summed E-state index contributed by atoms with van der Waals surface area (Å²) in [5.41, 5.74) is 1.80. The van der Waals surface area contributed by atoms with Crippen LogP contribution in [0.3, 0.4) is 0 Å². The van der Waals surface area contributed by atoms with E-state index in [1.165, 1.54) is 5.56 Å². The maximum atomic E-state index is 13.0. The molecule has 2 aliphatic rings. The van der Waals surface area contributed by atoms with E-state index in [1.807, 2.05) is 53.6 Å². The number of hydrogen-bond donors (Lipinski definition) is 0. The number of nitrogens with zero attached hydrogens (tertiary/aromatic N) is 4. The normalized spacial score (nSPS) is 18.5. The van der Waals surface area contributed by atoms with Crippen molar-refractivity contribution in [1.82, 2.24) is 19.4 Å². The number of aryl methyl sites for hydroxylation is 1. The fourth-order valence-electron chi connectivity index (χ4n) is 4.65. The molecule has 1 atom stereocenters. The number of ether oxygens (including phenoxy) is 1. The second-order valence-corrected chi connectivity index (χ2v) is 8.67. The third-order valence-electron chi connectivity index (χ3n) is 6.53. The largest absolute Gasteiger partial charge is 0.457 e. The zero-order valence-corrected chi connectivity index (χ0v) is 18.6. The van der Waals surface area contributed by atoms with Gasteiger partial charge >= 0.3 is 0 Å². The maximum Gasteiger partial charge on any atom is 0.274 e. The Hall–Kier alpha value is -3.45. The highest BCUT2D eigenvalue weighted by Gasteiger charge is 2.27. The van der Waals surface area contributed by atoms with Gasteiger partial charge in [-0.1, -0.05) is 30.3 Å². The van der Waals surface area contributed by atoms with Gasteiger partial charge in [0, 0.05) is 51.3 Å². The third kappa shape index (κ3) is 4.83. The highest BCUT2D eigenvalue weighted by Crippen LogP contribution is 2.31. The molecule has 1 amide bonds. The van der Waals surface area contributed by atoms with Crippen molar-refractivity contribution in [2.24, 2.45) is 0 Å². The smallest absolute Gasteiger partial charge is 0.274 e. The molecule has 1 saturated heterocycles. The number of fused-ring (bicyclic) bond motifs is 1. The van der Waals surface area contributed by atoms with E-state index in [1.54, 1.807) is 0 Å². The van der Waals surface area contributed by atoms with Crippen molar-refractivity contribution in [2.45, 2.75) is 25.3 Å². The fraction of sp³-hybridized carbons (Fsp3) is 0.346. The fourth-order valence-corrected chi connectivity index (χ4v) is 4.65. The summed E-state index contributed by atoms with van der Waals surface area (Å²) in [6, 6.07) is 18.1. The van der Waals surface area contributed by atoms with E-state index in [9.17, 15) is 9.59 Å². The average Bonchev–Trinajstić information content (AvgIpc) is 3.29. The van der Waals surface area contributed by atoms with Gasteiger partial charge in [-0.25, -0.2) is 4.98 Å². The second-order valence-electron chi connectivity index (χ2n) is 8.67. The molecule has 3 aromatic rings. The number of amides is 1. The summed E-state index contributed by atoms with van der Waals surface area (Å²) in [7, 11) is 0. The van der Waals surface area contributed by atoms with Crippen molar-refractivity contribution in [2.75, 3.05) is 32.7 Å². The SMILES string of the molecule is O=CCN1CCN(C(=O)c2cn3c(n2)CCC(c2ccc(Oc4ccccc4)cc2)C3)CC1. The Morgan fingerprint density at radius 2 is 1.73 bits per heavy atom. The maximum absolute atomic E-state index is 13.0. The van der Waals surface area contributed by atoms with Crippen LogP contribution >= 0.6 is 0 Å². The summed E-state index contributed by atoms with van der Waals surface area (Å²) < 4.78 is 8.04. The van der Waals surface area contributed by atoms with E-state index in [4.69, 9.17) is 4.74 Å². The molecular weight excluding hydrogens is 416 g/mol. The predicted molar refractivity (Wildman–Crippen MR) is 125 cm³/mol. The van der Waals surface area contributed by atoms with Crippen LogP contribution < -0.4 is 4.74 Å². The number of rotatable bonds is 6. The Morgan fingerprint density at radius 1 is 1.00 bits per heavy atom. The molecule has 3 heterocycles. The van der Waals surface area contributed by atoms with Crippen molar-refractivity contribution in [1.29, 1.82) is 0 Å². The summed E-state index contributed by atoms with van der Waals surface area (Å²) in [6.45, 7) is 3.97. The summed E-state index contributed by atoms with van der Waals surface area (Å²) in [4.78, 5) is 32.2. The number of carbonyl (C=O) groups excluding carboxylic acids is 2. The first-order chi connectivity index (χ1) is 16.2. The molecule has 1 unspecified atom stereocenters. The first-order valence-corrected chi connectivity index (χ1v) is 11.5. The molecule has 0 bridgehead atoms. The second kappa shape index (κ2) is 9.58. The highest BCUT2D eigenvalue weighted by molar-refractivity contribution is 5.92. The molecule has 0 N–H and O–H groups in total. The van der Waals surface area contributed by atoms with Gasteiger partial charge in [0.05, 0.1) is 6.54 Å². The molecule has 7 nitrogen and oxygen atoms in total. The van der Waals surface area contributed by atoms with Gasteiger partial charge in [-0.15, -0.1) is 0 Å². The molecule has 170 valence electrons. The van der Waals surface area contributed by atoms with Gasteiger partial charge in [-0.3, -0.25) is 9.69 Å². The summed E-state index contributed by atoms with van der Waals surface area (Å²) in [6.07, 6.45) is 4.69. The van der Waals surface area contributed by atoms with E-state index in [0.29, 0.717) is 31.2 Å². The Bertz CT molecular complexity index is 1100. The van der Waals surface area contributed by atoms with Crippen LogP contribution in [0.15, 0.2) is 60.8 Å². The molecule has 0 spiro atoms. The molecule has 0 aliphatic carbocycles. The van der Waals surface area contributed by atoms with Crippen LogP contribution in [0.4, 0.5) is 0 Å². The summed E-state index contributed by atoms with van der Waals surface area (Å²) in [5.74, 6) is 3.01. The Morgan fingerprint density at radius 3 is 2.45 bits per heavy atom. The van der Waals surface area contributed by atoms with Crippen LogP contribution in [0.25, 0.3) is 0 Å². The van der Waals surface area contributed by atoms with Gasteiger partial charge < -0.3 is 19.0 Å². The first kappa shape index (κ1) is 21.4. The lowest BCUT2D eigenvalue weighted by Gasteiger charge is -2.33. The topological polar surface area (TPSA) is 67.7 Å². The van der Waals surface area contributed by atoms with E-state index in [-0.39, 0.29) is 5.91 Å². The van der Waals surface area contributed by atoms with Gasteiger partial charge in [0.25, 0.3) is 5.91 Å². The average molecular weight is 445 g/mol. The van der Waals surface area contributed by atoms with Gasteiger partial charge in [-0.05, 0) is 36.2 Å². The summed E-state index contributed by atoms with van der Waals surface area (Å²) >= 11 is 0. The molecular formula is C26H28N4O3. The predicted octanol–water partition coefficient (Wildman–Crippen LogP) is 3.36. The van der Waals surface area contributed by atoms with Crippen LogP contribution in [0.1, 0.15) is 34.2 Å². The van der Waals surface area contributed by atoms with Gasteiger partial charge in [-0.2, -0.15) is 0 Å². The van der Waals surface area contributed by atoms with Crippen LogP contribution in [-0.4, -0.2) is 64.3 Å². The number of aromatic nitrogens is 2. The van der Waals surface area contributed by atoms with E-state index in [2.05, 4.69) is 26.6 Å². The van der Waals surface area contributed by atoms with Crippen molar-refractivity contribution in [3.63, 3.8) is 0 Å². The molecule has 2 aromatic carbocycles. The minimum Gasteiger partial charge on any atom is -0.457 e. The van der Waals surface area contributed by atoms with E-state index >= 15 is 0 Å². The lowest BCUT2D eigenvalue weighted by molar-refractivity contribution is -0.109. The van der Waals surface area contributed by atoms with Crippen LogP contribution in [0.5, 0.6) is 11.5 Å². The number of carbonyl (C=O) groups is 2. The van der Waals surface area contributed by atoms with Crippen molar-refractivity contribution in [3.05, 3.63) is 77.9 Å². The molecule has 33 heavy (non-hydrogen) atoms. The highest BCUT2D eigenvalue weighted by atomic mass is 16.5.